The van der Waals surface area contributed by atoms with Gasteiger partial charge in [0.05, 0.1) is 29.7 Å². The van der Waals surface area contributed by atoms with Crippen LogP contribution in [0.5, 0.6) is 0 Å². The summed E-state index contributed by atoms with van der Waals surface area (Å²) in [6.45, 7) is 3.53. The Labute approximate surface area is 215 Å². The summed E-state index contributed by atoms with van der Waals surface area (Å²) in [5, 5.41) is 11.7. The van der Waals surface area contributed by atoms with Crippen LogP contribution in [-0.4, -0.2) is 92.8 Å². The summed E-state index contributed by atoms with van der Waals surface area (Å²) < 4.78 is 31.3. The Morgan fingerprint density at radius 2 is 1.64 bits per heavy atom. The SMILES string of the molecule is CN(C)S(=O)(=O)c1ccc(/C(O)=C2\C(=O)C(=O)N(CCN3CCOCC3)[C@H]2c2ccc(Cl)cc2)cc1. The molecule has 1 amide bonds. The molecule has 1 atom stereocenters. The molecule has 0 unspecified atom stereocenters. The molecule has 2 saturated heterocycles. The molecule has 2 heterocycles. The standard InChI is InChI=1S/C25H28ClN3O6S/c1-27(2)36(33,34)20-9-5-18(6-10-20)23(30)21-22(17-3-7-19(26)8-4-17)29(25(32)24(21)31)12-11-28-13-15-35-16-14-28/h3-10,22,30H,11-16H2,1-2H3/b23-21+/t22-/m0/s1. The minimum absolute atomic E-state index is 0.0456. The van der Waals surface area contributed by atoms with E-state index in [4.69, 9.17) is 16.3 Å². The van der Waals surface area contributed by atoms with Gasteiger partial charge in [-0.15, -0.1) is 0 Å². The van der Waals surface area contributed by atoms with Gasteiger partial charge in [0.2, 0.25) is 10.0 Å². The van der Waals surface area contributed by atoms with Gasteiger partial charge in [0, 0.05) is 50.9 Å². The van der Waals surface area contributed by atoms with Crippen LogP contribution in [0.1, 0.15) is 17.2 Å². The van der Waals surface area contributed by atoms with Gasteiger partial charge in [-0.25, -0.2) is 12.7 Å². The van der Waals surface area contributed by atoms with Crippen molar-refractivity contribution >= 4 is 39.1 Å². The number of ether oxygens (including phenoxy) is 1. The number of benzene rings is 2. The quantitative estimate of drug-likeness (QED) is 0.331. The van der Waals surface area contributed by atoms with E-state index in [0.717, 1.165) is 17.4 Å². The average molecular weight is 534 g/mol. The molecule has 4 rings (SSSR count). The van der Waals surface area contributed by atoms with Crippen molar-refractivity contribution in [3.8, 4) is 0 Å². The molecule has 2 fully saturated rings. The third kappa shape index (κ3) is 5.18. The molecule has 0 saturated carbocycles. The summed E-state index contributed by atoms with van der Waals surface area (Å²) in [7, 11) is -0.814. The Hall–Kier alpha value is -2.76. The zero-order valence-electron chi connectivity index (χ0n) is 20.1. The molecule has 36 heavy (non-hydrogen) atoms. The summed E-state index contributed by atoms with van der Waals surface area (Å²) in [6.07, 6.45) is 0. The first-order valence-electron chi connectivity index (χ1n) is 11.5. The maximum atomic E-state index is 13.2. The van der Waals surface area contributed by atoms with Crippen LogP contribution in [0, 0.1) is 0 Å². The molecule has 9 nitrogen and oxygen atoms in total. The fourth-order valence-corrected chi connectivity index (χ4v) is 5.35. The number of hydrogen-bond acceptors (Lipinski definition) is 7. The molecule has 1 N–H and O–H groups in total. The van der Waals surface area contributed by atoms with Gasteiger partial charge in [-0.1, -0.05) is 23.7 Å². The molecular weight excluding hydrogens is 506 g/mol. The second kappa shape index (κ2) is 10.7. The molecule has 192 valence electrons. The molecule has 0 spiro atoms. The number of aliphatic hydroxyl groups is 1. The summed E-state index contributed by atoms with van der Waals surface area (Å²) in [4.78, 5) is 30.0. The Balaban J connectivity index is 1.72. The predicted molar refractivity (Wildman–Crippen MR) is 135 cm³/mol. The van der Waals surface area contributed by atoms with Crippen LogP contribution in [-0.2, 0) is 24.3 Å². The van der Waals surface area contributed by atoms with Crippen molar-refractivity contribution in [3.63, 3.8) is 0 Å². The van der Waals surface area contributed by atoms with E-state index >= 15 is 0 Å². The van der Waals surface area contributed by atoms with E-state index in [2.05, 4.69) is 4.90 Å². The van der Waals surface area contributed by atoms with Gasteiger partial charge >= 0.3 is 0 Å². The molecule has 0 aromatic heterocycles. The second-order valence-corrected chi connectivity index (χ2v) is 11.4. The van der Waals surface area contributed by atoms with E-state index < -0.39 is 27.8 Å². The molecule has 2 aliphatic rings. The topological polar surface area (TPSA) is 107 Å². The molecule has 2 aliphatic heterocycles. The van der Waals surface area contributed by atoms with Crippen LogP contribution in [0.25, 0.3) is 5.76 Å². The summed E-state index contributed by atoms with van der Waals surface area (Å²) in [5.74, 6) is -1.85. The minimum atomic E-state index is -3.66. The summed E-state index contributed by atoms with van der Waals surface area (Å²) >= 11 is 6.06. The Kier molecular flexibility index (Phi) is 7.82. The Morgan fingerprint density at radius 3 is 2.22 bits per heavy atom. The van der Waals surface area contributed by atoms with Crippen molar-refractivity contribution in [2.45, 2.75) is 10.9 Å². The van der Waals surface area contributed by atoms with Gasteiger partial charge in [-0.05, 0) is 42.0 Å². The number of sulfonamides is 1. The van der Waals surface area contributed by atoms with Gasteiger partial charge in [-0.3, -0.25) is 14.5 Å². The lowest BCUT2D eigenvalue weighted by Gasteiger charge is -2.31. The van der Waals surface area contributed by atoms with E-state index in [1.54, 1.807) is 24.3 Å². The molecule has 0 aliphatic carbocycles. The predicted octanol–water partition coefficient (Wildman–Crippen LogP) is 2.34. The number of hydrogen-bond donors (Lipinski definition) is 1. The van der Waals surface area contributed by atoms with E-state index in [1.807, 2.05) is 0 Å². The number of carbonyl (C=O) groups excluding carboxylic acids is 2. The van der Waals surface area contributed by atoms with Gasteiger partial charge < -0.3 is 14.7 Å². The number of morpholine rings is 1. The molecule has 2 aromatic rings. The number of halogens is 1. The van der Waals surface area contributed by atoms with Crippen molar-refractivity contribution in [1.29, 1.82) is 0 Å². The Bertz CT molecular complexity index is 1270. The van der Waals surface area contributed by atoms with Gasteiger partial charge in [0.15, 0.2) is 0 Å². The van der Waals surface area contributed by atoms with Crippen LogP contribution >= 0.6 is 11.6 Å². The van der Waals surface area contributed by atoms with Gasteiger partial charge in [-0.2, -0.15) is 0 Å². The zero-order chi connectivity index (χ0) is 26.0. The maximum Gasteiger partial charge on any atom is 0.295 e. The first kappa shape index (κ1) is 26.3. The zero-order valence-corrected chi connectivity index (χ0v) is 21.6. The minimum Gasteiger partial charge on any atom is -0.507 e. The van der Waals surface area contributed by atoms with Crippen LogP contribution in [0.4, 0.5) is 0 Å². The van der Waals surface area contributed by atoms with Crippen molar-refractivity contribution in [2.75, 3.05) is 53.5 Å². The lowest BCUT2D eigenvalue weighted by Crippen LogP contribution is -2.42. The normalized spacial score (nSPS) is 20.9. The van der Waals surface area contributed by atoms with Gasteiger partial charge in [0.25, 0.3) is 11.7 Å². The van der Waals surface area contributed by atoms with Crippen molar-refractivity contribution < 1.29 is 27.9 Å². The molecule has 11 heteroatoms. The smallest absolute Gasteiger partial charge is 0.295 e. The molecule has 0 bridgehead atoms. The highest BCUT2D eigenvalue weighted by Crippen LogP contribution is 2.39. The number of ketones is 1. The molecule has 0 radical (unpaired) electrons. The van der Waals surface area contributed by atoms with E-state index in [1.165, 1.54) is 43.3 Å². The Morgan fingerprint density at radius 1 is 1.03 bits per heavy atom. The summed E-state index contributed by atoms with van der Waals surface area (Å²) in [6, 6.07) is 11.5. The van der Waals surface area contributed by atoms with Crippen molar-refractivity contribution in [2.24, 2.45) is 0 Å². The fourth-order valence-electron chi connectivity index (χ4n) is 4.33. The van der Waals surface area contributed by atoms with Crippen molar-refractivity contribution in [1.82, 2.24) is 14.1 Å². The number of carbonyl (C=O) groups is 2. The second-order valence-electron chi connectivity index (χ2n) is 8.81. The first-order chi connectivity index (χ1) is 17.1. The number of likely N-dealkylation sites (tertiary alicyclic amines) is 1. The van der Waals surface area contributed by atoms with E-state index in [0.29, 0.717) is 30.3 Å². The largest absolute Gasteiger partial charge is 0.507 e. The number of rotatable bonds is 7. The molecular formula is C25H28ClN3O6S. The number of Topliss-reactive ketones (excluding diaryl/α,β-unsaturated/α-hetero) is 1. The van der Waals surface area contributed by atoms with E-state index in [9.17, 15) is 23.1 Å². The molecule has 2 aromatic carbocycles. The number of amides is 1. The highest BCUT2D eigenvalue weighted by molar-refractivity contribution is 7.89. The highest BCUT2D eigenvalue weighted by atomic mass is 35.5. The van der Waals surface area contributed by atoms with Crippen LogP contribution < -0.4 is 0 Å². The lowest BCUT2D eigenvalue weighted by molar-refractivity contribution is -0.140. The highest BCUT2D eigenvalue weighted by Gasteiger charge is 2.46. The number of nitrogens with zero attached hydrogens (tertiary/aromatic N) is 3. The van der Waals surface area contributed by atoms with Crippen LogP contribution in [0.2, 0.25) is 5.02 Å². The first-order valence-corrected chi connectivity index (χ1v) is 13.3. The average Bonchev–Trinajstić information content (AvgIpc) is 3.13. The van der Waals surface area contributed by atoms with Crippen LogP contribution in [0.3, 0.4) is 0 Å². The maximum absolute atomic E-state index is 13.2. The number of aliphatic hydroxyl groups excluding tert-OH is 1. The van der Waals surface area contributed by atoms with Gasteiger partial charge in [0.1, 0.15) is 5.76 Å². The fraction of sp³-hybridized carbons (Fsp3) is 0.360. The summed E-state index contributed by atoms with van der Waals surface area (Å²) in [5.41, 5.74) is 0.819. The monoisotopic (exact) mass is 533 g/mol. The van der Waals surface area contributed by atoms with Crippen molar-refractivity contribution in [3.05, 3.63) is 70.3 Å². The third-order valence-electron chi connectivity index (χ3n) is 6.39. The van der Waals surface area contributed by atoms with Crippen LogP contribution in [0.15, 0.2) is 59.0 Å². The lowest BCUT2D eigenvalue weighted by atomic mass is 9.95. The third-order valence-corrected chi connectivity index (χ3v) is 8.47. The van der Waals surface area contributed by atoms with E-state index in [-0.39, 0.29) is 28.3 Å².